The Morgan fingerprint density at radius 1 is 0.852 bits per heavy atom. The van der Waals surface area contributed by atoms with Gasteiger partial charge in [0.2, 0.25) is 6.29 Å². The highest BCUT2D eigenvalue weighted by Gasteiger charge is 2.18. The molecule has 3 aromatic rings. The summed E-state index contributed by atoms with van der Waals surface area (Å²) in [6.45, 7) is 4.87. The standard InChI is InChI=1S/C23H22N3O/c27-18-19-8-10-22(11-9-19)26-15-13-25(14-16-26)17-21-7-4-12-24-23(21)20-5-2-1-3-6-20/h1-12H,13-17H2. The molecule has 0 spiro atoms. The molecular formula is C23H22N3O. The molecule has 1 aliphatic rings. The van der Waals surface area contributed by atoms with Crippen LogP contribution in [-0.4, -0.2) is 42.3 Å². The summed E-state index contributed by atoms with van der Waals surface area (Å²) >= 11 is 0. The van der Waals surface area contributed by atoms with Crippen molar-refractivity contribution in [2.24, 2.45) is 0 Å². The first-order valence-electron chi connectivity index (χ1n) is 9.28. The highest BCUT2D eigenvalue weighted by atomic mass is 16.1. The van der Waals surface area contributed by atoms with E-state index in [1.165, 1.54) is 16.8 Å². The molecule has 1 aliphatic heterocycles. The molecule has 4 nitrogen and oxygen atoms in total. The average molecular weight is 356 g/mol. The SMILES string of the molecule is O=[C]c1ccc(N2CCN(Cc3cccnc3-c3ccccc3)CC2)cc1. The first-order chi connectivity index (χ1) is 13.3. The molecule has 0 unspecified atom stereocenters. The number of nitrogens with zero attached hydrogens (tertiary/aromatic N) is 3. The molecule has 4 rings (SSSR count). The molecule has 4 heteroatoms. The van der Waals surface area contributed by atoms with Gasteiger partial charge in [0.05, 0.1) is 5.69 Å². The molecule has 0 bridgehead atoms. The normalized spacial score (nSPS) is 14.9. The van der Waals surface area contributed by atoms with Crippen LogP contribution in [0.15, 0.2) is 72.9 Å². The second-order valence-corrected chi connectivity index (χ2v) is 6.79. The number of aromatic nitrogens is 1. The van der Waals surface area contributed by atoms with Crippen LogP contribution in [0.25, 0.3) is 11.3 Å². The highest BCUT2D eigenvalue weighted by Crippen LogP contribution is 2.23. The Balaban J connectivity index is 1.42. The number of carbonyl (C=O) groups excluding carboxylic acids is 1. The molecule has 1 saturated heterocycles. The van der Waals surface area contributed by atoms with Gasteiger partial charge in [-0.3, -0.25) is 14.7 Å². The molecule has 1 fully saturated rings. The number of rotatable bonds is 5. The van der Waals surface area contributed by atoms with Gasteiger partial charge in [0, 0.05) is 55.7 Å². The molecule has 1 aromatic heterocycles. The maximum absolute atomic E-state index is 10.7. The van der Waals surface area contributed by atoms with Crippen LogP contribution in [-0.2, 0) is 11.3 Å². The quantitative estimate of drug-likeness (QED) is 0.701. The van der Waals surface area contributed by atoms with Gasteiger partial charge in [-0.05, 0) is 35.9 Å². The minimum absolute atomic E-state index is 0.599. The van der Waals surface area contributed by atoms with E-state index in [0.717, 1.165) is 38.4 Å². The van der Waals surface area contributed by atoms with Gasteiger partial charge in [-0.25, -0.2) is 0 Å². The summed E-state index contributed by atoms with van der Waals surface area (Å²) in [5, 5.41) is 0. The van der Waals surface area contributed by atoms with Gasteiger partial charge in [-0.1, -0.05) is 36.4 Å². The molecule has 1 radical (unpaired) electrons. The molecule has 27 heavy (non-hydrogen) atoms. The van der Waals surface area contributed by atoms with Gasteiger partial charge >= 0.3 is 0 Å². The number of benzene rings is 2. The van der Waals surface area contributed by atoms with E-state index in [4.69, 9.17) is 0 Å². The van der Waals surface area contributed by atoms with Crippen molar-refractivity contribution in [2.45, 2.75) is 6.54 Å². The van der Waals surface area contributed by atoms with Crippen LogP contribution in [0.3, 0.4) is 0 Å². The van der Waals surface area contributed by atoms with Crippen molar-refractivity contribution < 1.29 is 4.79 Å². The maximum atomic E-state index is 10.7. The number of anilines is 1. The van der Waals surface area contributed by atoms with E-state index in [1.54, 1.807) is 0 Å². The molecule has 0 amide bonds. The van der Waals surface area contributed by atoms with E-state index in [9.17, 15) is 4.79 Å². The van der Waals surface area contributed by atoms with Crippen molar-refractivity contribution in [3.63, 3.8) is 0 Å². The van der Waals surface area contributed by atoms with Crippen LogP contribution in [0.1, 0.15) is 11.1 Å². The predicted molar refractivity (Wildman–Crippen MR) is 108 cm³/mol. The molecule has 0 N–H and O–H groups in total. The molecule has 0 saturated carbocycles. The van der Waals surface area contributed by atoms with E-state index in [2.05, 4.69) is 45.1 Å². The number of hydrogen-bond donors (Lipinski definition) is 0. The number of hydrogen-bond acceptors (Lipinski definition) is 4. The van der Waals surface area contributed by atoms with Crippen LogP contribution in [0, 0.1) is 0 Å². The van der Waals surface area contributed by atoms with Crippen molar-refractivity contribution in [3.05, 3.63) is 84.1 Å². The first-order valence-corrected chi connectivity index (χ1v) is 9.28. The highest BCUT2D eigenvalue weighted by molar-refractivity contribution is 5.76. The number of pyridine rings is 1. The Kier molecular flexibility index (Phi) is 5.26. The lowest BCUT2D eigenvalue weighted by atomic mass is 10.1. The van der Waals surface area contributed by atoms with Crippen LogP contribution in [0.5, 0.6) is 0 Å². The molecule has 135 valence electrons. The van der Waals surface area contributed by atoms with Gasteiger partial charge in [0.1, 0.15) is 0 Å². The molecule has 2 aromatic carbocycles. The summed E-state index contributed by atoms with van der Waals surface area (Å²) in [5.41, 5.74) is 5.27. The minimum Gasteiger partial charge on any atom is -0.369 e. The van der Waals surface area contributed by atoms with Gasteiger partial charge < -0.3 is 4.90 Å². The van der Waals surface area contributed by atoms with Gasteiger partial charge in [0.15, 0.2) is 0 Å². The third-order valence-electron chi connectivity index (χ3n) is 5.06. The van der Waals surface area contributed by atoms with E-state index in [1.807, 2.05) is 48.9 Å². The Labute approximate surface area is 160 Å². The van der Waals surface area contributed by atoms with E-state index in [0.29, 0.717) is 5.56 Å². The van der Waals surface area contributed by atoms with Crippen LogP contribution >= 0.6 is 0 Å². The Bertz CT molecular complexity index is 885. The fourth-order valence-electron chi connectivity index (χ4n) is 3.57. The maximum Gasteiger partial charge on any atom is 0.233 e. The predicted octanol–water partition coefficient (Wildman–Crippen LogP) is 3.53. The average Bonchev–Trinajstić information content (AvgIpc) is 2.75. The van der Waals surface area contributed by atoms with Gasteiger partial charge in [-0.15, -0.1) is 0 Å². The third-order valence-corrected chi connectivity index (χ3v) is 5.06. The largest absolute Gasteiger partial charge is 0.369 e. The second-order valence-electron chi connectivity index (χ2n) is 6.79. The smallest absolute Gasteiger partial charge is 0.233 e. The van der Waals surface area contributed by atoms with Crippen molar-refractivity contribution in [2.75, 3.05) is 31.1 Å². The van der Waals surface area contributed by atoms with Crippen molar-refractivity contribution in [3.8, 4) is 11.3 Å². The summed E-state index contributed by atoms with van der Waals surface area (Å²) in [6.07, 6.45) is 3.79. The molecule has 0 aliphatic carbocycles. The third kappa shape index (κ3) is 4.07. The van der Waals surface area contributed by atoms with Gasteiger partial charge in [0.25, 0.3) is 0 Å². The summed E-state index contributed by atoms with van der Waals surface area (Å²) < 4.78 is 0. The zero-order valence-corrected chi connectivity index (χ0v) is 15.2. The Morgan fingerprint density at radius 3 is 2.30 bits per heavy atom. The van der Waals surface area contributed by atoms with E-state index in [-0.39, 0.29) is 0 Å². The zero-order chi connectivity index (χ0) is 18.5. The van der Waals surface area contributed by atoms with Crippen molar-refractivity contribution in [1.82, 2.24) is 9.88 Å². The topological polar surface area (TPSA) is 36.4 Å². The second kappa shape index (κ2) is 8.14. The fraction of sp³-hybridized carbons (Fsp3) is 0.217. The number of piperazine rings is 1. The van der Waals surface area contributed by atoms with E-state index < -0.39 is 0 Å². The van der Waals surface area contributed by atoms with E-state index >= 15 is 0 Å². The summed E-state index contributed by atoms with van der Waals surface area (Å²) in [4.78, 5) is 20.2. The summed E-state index contributed by atoms with van der Waals surface area (Å²) in [6, 6.07) is 22.2. The minimum atomic E-state index is 0.599. The summed E-state index contributed by atoms with van der Waals surface area (Å²) in [5.74, 6) is 0. The van der Waals surface area contributed by atoms with Crippen LogP contribution < -0.4 is 4.90 Å². The van der Waals surface area contributed by atoms with Crippen LogP contribution in [0.4, 0.5) is 5.69 Å². The van der Waals surface area contributed by atoms with Gasteiger partial charge in [-0.2, -0.15) is 0 Å². The Morgan fingerprint density at radius 2 is 1.59 bits per heavy atom. The Hall–Kier alpha value is -2.98. The summed E-state index contributed by atoms with van der Waals surface area (Å²) in [7, 11) is 0. The molecular weight excluding hydrogens is 334 g/mol. The zero-order valence-electron chi connectivity index (χ0n) is 15.2. The van der Waals surface area contributed by atoms with Crippen LogP contribution in [0.2, 0.25) is 0 Å². The lowest BCUT2D eigenvalue weighted by molar-refractivity contribution is 0.250. The molecule has 0 atom stereocenters. The first kappa shape index (κ1) is 17.4. The monoisotopic (exact) mass is 356 g/mol. The lowest BCUT2D eigenvalue weighted by Crippen LogP contribution is -2.46. The lowest BCUT2D eigenvalue weighted by Gasteiger charge is -2.36. The van der Waals surface area contributed by atoms with Crippen molar-refractivity contribution >= 4 is 12.0 Å². The van der Waals surface area contributed by atoms with Crippen molar-refractivity contribution in [1.29, 1.82) is 0 Å². The fourth-order valence-corrected chi connectivity index (χ4v) is 3.57. The molecule has 2 heterocycles.